The van der Waals surface area contributed by atoms with Crippen LogP contribution in [0, 0.1) is 11.3 Å². The Morgan fingerprint density at radius 2 is 2.08 bits per heavy atom. The topological polar surface area (TPSA) is 59.3 Å². The molecule has 122 valence electrons. The first-order valence-corrected chi connectivity index (χ1v) is 7.99. The molecule has 5 heteroatoms. The minimum Gasteiger partial charge on any atom is -0.497 e. The zero-order valence-electron chi connectivity index (χ0n) is 13.2. The molecule has 2 aromatic rings. The molecule has 4 nitrogen and oxygen atoms in total. The van der Waals surface area contributed by atoms with E-state index in [1.807, 2.05) is 12.1 Å². The minimum atomic E-state index is -1.06. The SMILES string of the molecule is COc1ccc2c(c1)OC(CCC#N)(C(=O)c1ccc(Cl)cc1)C2. The van der Waals surface area contributed by atoms with Crippen molar-refractivity contribution in [2.75, 3.05) is 7.11 Å². The van der Waals surface area contributed by atoms with Gasteiger partial charge in [-0.3, -0.25) is 4.79 Å². The van der Waals surface area contributed by atoms with Crippen molar-refractivity contribution in [2.24, 2.45) is 0 Å². The first kappa shape index (κ1) is 16.4. The number of carbonyl (C=O) groups excluding carboxylic acids is 1. The molecule has 0 bridgehead atoms. The molecule has 1 heterocycles. The van der Waals surface area contributed by atoms with Crippen LogP contribution in [-0.4, -0.2) is 18.5 Å². The summed E-state index contributed by atoms with van der Waals surface area (Å²) in [4.78, 5) is 13.1. The summed E-state index contributed by atoms with van der Waals surface area (Å²) in [6.45, 7) is 0. The quantitative estimate of drug-likeness (QED) is 0.764. The first-order valence-electron chi connectivity index (χ1n) is 7.61. The maximum absolute atomic E-state index is 13.1. The summed E-state index contributed by atoms with van der Waals surface area (Å²) in [6.07, 6.45) is 1.02. The number of benzene rings is 2. The zero-order chi connectivity index (χ0) is 17.2. The Morgan fingerprint density at radius 1 is 1.33 bits per heavy atom. The van der Waals surface area contributed by atoms with Crippen molar-refractivity contribution in [2.45, 2.75) is 24.9 Å². The molecular formula is C19H16ClNO3. The number of Topliss-reactive ketones (excluding diaryl/α,β-unsaturated/α-hetero) is 1. The maximum Gasteiger partial charge on any atom is 0.206 e. The van der Waals surface area contributed by atoms with Gasteiger partial charge in [0.25, 0.3) is 0 Å². The van der Waals surface area contributed by atoms with E-state index in [0.29, 0.717) is 34.9 Å². The van der Waals surface area contributed by atoms with Gasteiger partial charge in [0.05, 0.1) is 13.2 Å². The number of hydrogen-bond donors (Lipinski definition) is 0. The number of ether oxygens (including phenoxy) is 2. The van der Waals surface area contributed by atoms with E-state index in [2.05, 4.69) is 6.07 Å². The van der Waals surface area contributed by atoms with Crippen molar-refractivity contribution in [3.63, 3.8) is 0 Å². The molecular weight excluding hydrogens is 326 g/mol. The minimum absolute atomic E-state index is 0.135. The Hall–Kier alpha value is -2.51. The van der Waals surface area contributed by atoms with E-state index in [-0.39, 0.29) is 12.2 Å². The van der Waals surface area contributed by atoms with Crippen molar-refractivity contribution in [1.82, 2.24) is 0 Å². The predicted molar refractivity (Wildman–Crippen MR) is 90.7 cm³/mol. The third-order valence-electron chi connectivity index (χ3n) is 4.22. The second-order valence-corrected chi connectivity index (χ2v) is 6.18. The van der Waals surface area contributed by atoms with Gasteiger partial charge < -0.3 is 9.47 Å². The molecule has 0 saturated carbocycles. The summed E-state index contributed by atoms with van der Waals surface area (Å²) in [6, 6.07) is 14.4. The maximum atomic E-state index is 13.1. The Bertz CT molecular complexity index is 810. The molecule has 2 aromatic carbocycles. The summed E-state index contributed by atoms with van der Waals surface area (Å²) in [5.41, 5.74) is 0.409. The van der Waals surface area contributed by atoms with Gasteiger partial charge in [-0.25, -0.2) is 0 Å². The lowest BCUT2D eigenvalue weighted by atomic mass is 9.85. The van der Waals surface area contributed by atoms with E-state index in [4.69, 9.17) is 26.3 Å². The lowest BCUT2D eigenvalue weighted by molar-refractivity contribution is 0.0507. The Labute approximate surface area is 145 Å². The first-order chi connectivity index (χ1) is 11.6. The molecule has 24 heavy (non-hydrogen) atoms. The average molecular weight is 342 g/mol. The van der Waals surface area contributed by atoms with E-state index in [9.17, 15) is 4.79 Å². The smallest absolute Gasteiger partial charge is 0.206 e. The van der Waals surface area contributed by atoms with E-state index in [1.54, 1.807) is 37.4 Å². The zero-order valence-corrected chi connectivity index (χ0v) is 14.0. The number of nitriles is 1. The fraction of sp³-hybridized carbons (Fsp3) is 0.263. The molecule has 0 N–H and O–H groups in total. The van der Waals surface area contributed by atoms with Crippen LogP contribution in [0.3, 0.4) is 0 Å². The molecule has 0 saturated heterocycles. The third kappa shape index (κ3) is 2.95. The molecule has 0 aromatic heterocycles. The molecule has 0 spiro atoms. The van der Waals surface area contributed by atoms with Crippen LogP contribution in [0.4, 0.5) is 0 Å². The number of ketones is 1. The van der Waals surface area contributed by atoms with Crippen molar-refractivity contribution in [3.05, 3.63) is 58.6 Å². The highest BCUT2D eigenvalue weighted by Gasteiger charge is 2.46. The van der Waals surface area contributed by atoms with E-state index < -0.39 is 5.60 Å². The molecule has 1 aliphatic heterocycles. The Kier molecular flexibility index (Phi) is 4.46. The fourth-order valence-electron chi connectivity index (χ4n) is 2.96. The predicted octanol–water partition coefficient (Wildman–Crippen LogP) is 4.21. The summed E-state index contributed by atoms with van der Waals surface area (Å²) in [5, 5.41) is 9.54. The van der Waals surface area contributed by atoms with Crippen LogP contribution in [-0.2, 0) is 6.42 Å². The third-order valence-corrected chi connectivity index (χ3v) is 4.47. The molecule has 0 amide bonds. The molecule has 0 fully saturated rings. The van der Waals surface area contributed by atoms with Crippen molar-refractivity contribution >= 4 is 17.4 Å². The normalized spacial score (nSPS) is 18.4. The van der Waals surface area contributed by atoms with Gasteiger partial charge in [0.1, 0.15) is 11.5 Å². The highest BCUT2D eigenvalue weighted by molar-refractivity contribution is 6.30. The van der Waals surface area contributed by atoms with Gasteiger partial charge in [0.15, 0.2) is 5.60 Å². The van der Waals surface area contributed by atoms with Crippen LogP contribution in [0.15, 0.2) is 42.5 Å². The Balaban J connectivity index is 1.96. The molecule has 1 unspecified atom stereocenters. The van der Waals surface area contributed by atoms with E-state index in [1.165, 1.54) is 0 Å². The number of nitrogens with zero attached hydrogens (tertiary/aromatic N) is 1. The number of methoxy groups -OCH3 is 1. The van der Waals surface area contributed by atoms with Gasteiger partial charge >= 0.3 is 0 Å². The summed E-state index contributed by atoms with van der Waals surface area (Å²) in [7, 11) is 1.58. The van der Waals surface area contributed by atoms with Crippen LogP contribution < -0.4 is 9.47 Å². The molecule has 1 atom stereocenters. The Morgan fingerprint density at radius 3 is 2.75 bits per heavy atom. The molecule has 3 rings (SSSR count). The van der Waals surface area contributed by atoms with Crippen LogP contribution in [0.5, 0.6) is 11.5 Å². The molecule has 1 aliphatic rings. The summed E-state index contributed by atoms with van der Waals surface area (Å²) < 4.78 is 11.3. The number of fused-ring (bicyclic) bond motifs is 1. The number of hydrogen-bond acceptors (Lipinski definition) is 4. The monoisotopic (exact) mass is 341 g/mol. The number of rotatable bonds is 5. The lowest BCUT2D eigenvalue weighted by Crippen LogP contribution is -2.43. The van der Waals surface area contributed by atoms with Crippen molar-refractivity contribution < 1.29 is 14.3 Å². The van der Waals surface area contributed by atoms with Crippen LogP contribution in [0.25, 0.3) is 0 Å². The number of halogens is 1. The van der Waals surface area contributed by atoms with Crippen LogP contribution >= 0.6 is 11.6 Å². The molecule has 0 aliphatic carbocycles. The lowest BCUT2D eigenvalue weighted by Gasteiger charge is -2.26. The summed E-state index contributed by atoms with van der Waals surface area (Å²) >= 11 is 5.90. The van der Waals surface area contributed by atoms with E-state index in [0.717, 1.165) is 5.56 Å². The standard InChI is InChI=1S/C19H16ClNO3/c1-23-16-8-5-14-12-19(9-2-10-21,24-17(14)11-16)18(22)13-3-6-15(20)7-4-13/h3-8,11H,2,9,12H2,1H3. The van der Waals surface area contributed by atoms with Gasteiger partial charge in [-0.2, -0.15) is 5.26 Å². The van der Waals surface area contributed by atoms with Gasteiger partial charge in [0.2, 0.25) is 5.78 Å². The second-order valence-electron chi connectivity index (χ2n) is 5.74. The molecule has 0 radical (unpaired) electrons. The van der Waals surface area contributed by atoms with E-state index >= 15 is 0 Å². The average Bonchev–Trinajstić information content (AvgIpc) is 2.98. The largest absolute Gasteiger partial charge is 0.497 e. The van der Waals surface area contributed by atoms with Gasteiger partial charge in [-0.15, -0.1) is 0 Å². The van der Waals surface area contributed by atoms with Crippen molar-refractivity contribution in [1.29, 1.82) is 5.26 Å². The summed E-state index contributed by atoms with van der Waals surface area (Å²) in [5.74, 6) is 1.17. The highest BCUT2D eigenvalue weighted by atomic mass is 35.5. The second kappa shape index (κ2) is 6.54. The van der Waals surface area contributed by atoms with Crippen LogP contribution in [0.2, 0.25) is 5.02 Å². The fourth-order valence-corrected chi connectivity index (χ4v) is 3.08. The highest BCUT2D eigenvalue weighted by Crippen LogP contribution is 2.41. The van der Waals surface area contributed by atoms with Gasteiger partial charge in [-0.05, 0) is 35.9 Å². The van der Waals surface area contributed by atoms with Crippen LogP contribution in [0.1, 0.15) is 28.8 Å². The van der Waals surface area contributed by atoms with Crippen molar-refractivity contribution in [3.8, 4) is 17.6 Å². The van der Waals surface area contributed by atoms with Gasteiger partial charge in [-0.1, -0.05) is 17.7 Å². The van der Waals surface area contributed by atoms with Gasteiger partial charge in [0, 0.05) is 35.9 Å². The number of carbonyl (C=O) groups is 1.